The van der Waals surface area contributed by atoms with E-state index in [1.165, 1.54) is 0 Å². The molecule has 122 valence electrons. The van der Waals surface area contributed by atoms with Crippen LogP contribution in [0.2, 0.25) is 0 Å². The predicted octanol–water partition coefficient (Wildman–Crippen LogP) is 2.16. The summed E-state index contributed by atoms with van der Waals surface area (Å²) in [5, 5.41) is 5.89. The number of carbonyl (C=O) groups is 1. The Morgan fingerprint density at radius 1 is 1.23 bits per heavy atom. The number of unbranched alkanes of at least 4 members (excludes halogenated alkanes) is 1. The molecule has 0 spiro atoms. The van der Waals surface area contributed by atoms with Gasteiger partial charge in [0.05, 0.1) is 19.3 Å². The third kappa shape index (κ3) is 6.03. The highest BCUT2D eigenvalue weighted by Gasteiger charge is 2.10. The molecule has 0 aliphatic carbocycles. The Balaban J connectivity index is 1.54. The van der Waals surface area contributed by atoms with Crippen LogP contribution >= 0.6 is 0 Å². The van der Waals surface area contributed by atoms with Crippen molar-refractivity contribution in [1.82, 2.24) is 15.5 Å². The molecular weight excluding hydrogens is 278 g/mol. The largest absolute Gasteiger partial charge is 0.379 e. The summed E-state index contributed by atoms with van der Waals surface area (Å²) in [7, 11) is 0. The van der Waals surface area contributed by atoms with E-state index >= 15 is 0 Å². The van der Waals surface area contributed by atoms with Crippen molar-refractivity contribution >= 4 is 6.03 Å². The molecule has 1 atom stereocenters. The monoisotopic (exact) mass is 305 g/mol. The fourth-order valence-electron chi connectivity index (χ4n) is 2.56. The zero-order valence-corrected chi connectivity index (χ0v) is 13.4. The van der Waals surface area contributed by atoms with Crippen LogP contribution in [-0.4, -0.2) is 50.3 Å². The van der Waals surface area contributed by atoms with Crippen LogP contribution < -0.4 is 10.6 Å². The van der Waals surface area contributed by atoms with Crippen LogP contribution in [0.5, 0.6) is 0 Å². The quantitative estimate of drug-likeness (QED) is 0.759. The molecule has 1 unspecified atom stereocenters. The van der Waals surface area contributed by atoms with Crippen molar-refractivity contribution in [3.63, 3.8) is 0 Å². The summed E-state index contributed by atoms with van der Waals surface area (Å²) in [6.07, 6.45) is 2.11. The number of rotatable bonds is 7. The maximum atomic E-state index is 11.8. The predicted molar refractivity (Wildman–Crippen MR) is 87.9 cm³/mol. The van der Waals surface area contributed by atoms with Gasteiger partial charge in [-0.25, -0.2) is 4.79 Å². The second-order valence-corrected chi connectivity index (χ2v) is 5.69. The normalized spacial score (nSPS) is 17.0. The Bertz CT molecular complexity index is 433. The molecule has 2 N–H and O–H groups in total. The standard InChI is InChI=1S/C17H27N3O2/c1-15(16-7-3-2-4-8-16)19-17(21)18-9-5-6-10-20-11-13-22-14-12-20/h2-4,7-8,15H,5-6,9-14H2,1H3,(H2,18,19,21). The lowest BCUT2D eigenvalue weighted by atomic mass is 10.1. The molecule has 1 aliphatic heterocycles. The van der Waals surface area contributed by atoms with Crippen LogP contribution in [0.1, 0.15) is 31.4 Å². The van der Waals surface area contributed by atoms with E-state index < -0.39 is 0 Å². The zero-order valence-electron chi connectivity index (χ0n) is 13.4. The third-order valence-corrected chi connectivity index (χ3v) is 3.94. The van der Waals surface area contributed by atoms with Gasteiger partial charge in [-0.3, -0.25) is 4.90 Å². The van der Waals surface area contributed by atoms with Gasteiger partial charge in [-0.2, -0.15) is 0 Å². The summed E-state index contributed by atoms with van der Waals surface area (Å²) >= 11 is 0. The first-order valence-electron chi connectivity index (χ1n) is 8.15. The summed E-state index contributed by atoms with van der Waals surface area (Å²) in [6.45, 7) is 7.55. The van der Waals surface area contributed by atoms with E-state index in [1.807, 2.05) is 37.3 Å². The molecule has 1 aromatic rings. The van der Waals surface area contributed by atoms with E-state index in [-0.39, 0.29) is 12.1 Å². The summed E-state index contributed by atoms with van der Waals surface area (Å²) in [4.78, 5) is 14.3. The average molecular weight is 305 g/mol. The second-order valence-electron chi connectivity index (χ2n) is 5.69. The smallest absolute Gasteiger partial charge is 0.315 e. The summed E-state index contributed by atoms with van der Waals surface area (Å²) in [5.41, 5.74) is 1.12. The molecule has 1 aromatic carbocycles. The minimum Gasteiger partial charge on any atom is -0.379 e. The number of ether oxygens (including phenoxy) is 1. The van der Waals surface area contributed by atoms with Crippen molar-refractivity contribution in [3.8, 4) is 0 Å². The van der Waals surface area contributed by atoms with Gasteiger partial charge in [-0.1, -0.05) is 30.3 Å². The fourth-order valence-corrected chi connectivity index (χ4v) is 2.56. The first-order chi connectivity index (χ1) is 10.8. The van der Waals surface area contributed by atoms with E-state index in [2.05, 4.69) is 15.5 Å². The maximum Gasteiger partial charge on any atom is 0.315 e. The number of carbonyl (C=O) groups excluding carboxylic acids is 1. The SMILES string of the molecule is CC(NC(=O)NCCCCN1CCOCC1)c1ccccc1. The molecule has 5 heteroatoms. The van der Waals surface area contributed by atoms with E-state index in [1.54, 1.807) is 0 Å². The molecule has 0 bridgehead atoms. The van der Waals surface area contributed by atoms with Gasteiger partial charge in [-0.05, 0) is 31.9 Å². The molecule has 1 aliphatic rings. The third-order valence-electron chi connectivity index (χ3n) is 3.94. The van der Waals surface area contributed by atoms with E-state index in [0.29, 0.717) is 0 Å². The minimum absolute atomic E-state index is 0.0227. The van der Waals surface area contributed by atoms with Gasteiger partial charge in [0.15, 0.2) is 0 Å². The molecule has 1 heterocycles. The topological polar surface area (TPSA) is 53.6 Å². The molecule has 22 heavy (non-hydrogen) atoms. The van der Waals surface area contributed by atoms with E-state index in [9.17, 15) is 4.79 Å². The Hall–Kier alpha value is -1.59. The van der Waals surface area contributed by atoms with Gasteiger partial charge in [0.25, 0.3) is 0 Å². The maximum absolute atomic E-state index is 11.8. The van der Waals surface area contributed by atoms with Gasteiger partial charge >= 0.3 is 6.03 Å². The Morgan fingerprint density at radius 2 is 1.95 bits per heavy atom. The lowest BCUT2D eigenvalue weighted by molar-refractivity contribution is 0.0372. The van der Waals surface area contributed by atoms with Crippen molar-refractivity contribution < 1.29 is 9.53 Å². The van der Waals surface area contributed by atoms with E-state index in [0.717, 1.165) is 57.8 Å². The lowest BCUT2D eigenvalue weighted by Gasteiger charge is -2.26. The summed E-state index contributed by atoms with van der Waals surface area (Å²) in [5.74, 6) is 0. The number of urea groups is 1. The van der Waals surface area contributed by atoms with E-state index in [4.69, 9.17) is 4.74 Å². The highest BCUT2D eigenvalue weighted by Crippen LogP contribution is 2.10. The van der Waals surface area contributed by atoms with Crippen LogP contribution in [0.4, 0.5) is 4.79 Å². The molecule has 2 amide bonds. The van der Waals surface area contributed by atoms with Crippen molar-refractivity contribution in [2.75, 3.05) is 39.4 Å². The number of nitrogens with one attached hydrogen (secondary N) is 2. The molecule has 0 aromatic heterocycles. The molecule has 1 fully saturated rings. The highest BCUT2D eigenvalue weighted by molar-refractivity contribution is 5.74. The number of benzene rings is 1. The van der Waals surface area contributed by atoms with Crippen LogP contribution in [0.3, 0.4) is 0 Å². The molecular formula is C17H27N3O2. The first kappa shape index (κ1) is 16.8. The number of amides is 2. The number of nitrogens with zero attached hydrogens (tertiary/aromatic N) is 1. The van der Waals surface area contributed by atoms with Crippen LogP contribution in [0.15, 0.2) is 30.3 Å². The molecule has 0 radical (unpaired) electrons. The summed E-state index contributed by atoms with van der Waals surface area (Å²) < 4.78 is 5.33. The molecule has 1 saturated heterocycles. The number of hydrogen-bond acceptors (Lipinski definition) is 3. The molecule has 0 saturated carbocycles. The van der Waals surface area contributed by atoms with Gasteiger partial charge < -0.3 is 15.4 Å². The highest BCUT2D eigenvalue weighted by atomic mass is 16.5. The van der Waals surface area contributed by atoms with Crippen LogP contribution in [-0.2, 0) is 4.74 Å². The van der Waals surface area contributed by atoms with Crippen LogP contribution in [0.25, 0.3) is 0 Å². The minimum atomic E-state index is -0.0947. The van der Waals surface area contributed by atoms with Crippen molar-refractivity contribution in [2.24, 2.45) is 0 Å². The number of morpholine rings is 1. The zero-order chi connectivity index (χ0) is 15.6. The Morgan fingerprint density at radius 3 is 2.68 bits per heavy atom. The average Bonchev–Trinajstić information content (AvgIpc) is 2.56. The summed E-state index contributed by atoms with van der Waals surface area (Å²) in [6, 6.07) is 9.91. The van der Waals surface area contributed by atoms with Crippen molar-refractivity contribution in [1.29, 1.82) is 0 Å². The van der Waals surface area contributed by atoms with Gasteiger partial charge in [0.2, 0.25) is 0 Å². The second kappa shape index (κ2) is 9.43. The number of hydrogen-bond donors (Lipinski definition) is 2. The fraction of sp³-hybridized carbons (Fsp3) is 0.588. The van der Waals surface area contributed by atoms with Crippen LogP contribution in [0, 0.1) is 0 Å². The Labute approximate surface area is 133 Å². The lowest BCUT2D eigenvalue weighted by Crippen LogP contribution is -2.38. The Kier molecular flexibility index (Phi) is 7.19. The van der Waals surface area contributed by atoms with Gasteiger partial charge in [0.1, 0.15) is 0 Å². The van der Waals surface area contributed by atoms with Crippen molar-refractivity contribution in [3.05, 3.63) is 35.9 Å². The van der Waals surface area contributed by atoms with Gasteiger partial charge in [-0.15, -0.1) is 0 Å². The van der Waals surface area contributed by atoms with Crippen molar-refractivity contribution in [2.45, 2.75) is 25.8 Å². The molecule has 2 rings (SSSR count). The first-order valence-corrected chi connectivity index (χ1v) is 8.15. The van der Waals surface area contributed by atoms with Gasteiger partial charge in [0, 0.05) is 19.6 Å². The molecule has 5 nitrogen and oxygen atoms in total.